The maximum absolute atomic E-state index is 12.3. The van der Waals surface area contributed by atoms with Crippen LogP contribution in [0.25, 0.3) is 11.4 Å². The Morgan fingerprint density at radius 2 is 1.41 bits per heavy atom. The normalized spacial score (nSPS) is 11.5. The molecule has 2 rings (SSSR count). The molecule has 1 heterocycles. The van der Waals surface area contributed by atoms with E-state index in [-0.39, 0.29) is 11.8 Å². The molecule has 1 aromatic carbocycles. The average molecular weight is 241 g/mol. The molecule has 0 aliphatic heterocycles. The molecule has 0 radical (unpaired) electrons. The van der Waals surface area contributed by atoms with E-state index in [0.717, 1.165) is 12.1 Å². The molecule has 5 nitrogen and oxygen atoms in total. The highest BCUT2D eigenvalue weighted by molar-refractivity contribution is 5.54. The summed E-state index contributed by atoms with van der Waals surface area (Å²) in [6, 6.07) is 4.37. The fourth-order valence-corrected chi connectivity index (χ4v) is 1.16. The number of nitrogens with zero attached hydrogens (tertiary/aromatic N) is 4. The Morgan fingerprint density at radius 1 is 0.882 bits per heavy atom. The van der Waals surface area contributed by atoms with Crippen LogP contribution in [0.2, 0.25) is 0 Å². The lowest BCUT2D eigenvalue weighted by molar-refractivity contribution is -0.137. The first-order valence-electron chi connectivity index (χ1n) is 4.47. The summed E-state index contributed by atoms with van der Waals surface area (Å²) < 4.78 is 36.9. The van der Waals surface area contributed by atoms with Crippen molar-refractivity contribution in [1.29, 1.82) is 0 Å². The number of aromatic nitrogens is 4. The summed E-state index contributed by atoms with van der Waals surface area (Å²) in [5, 5.41) is 14.1. The third-order valence-corrected chi connectivity index (χ3v) is 1.96. The SMILES string of the molecule is Nc1nnc(-c2ccc(C(F)(F)F)cc2)nn1. The van der Waals surface area contributed by atoms with Crippen molar-refractivity contribution in [3.05, 3.63) is 29.8 Å². The van der Waals surface area contributed by atoms with Gasteiger partial charge >= 0.3 is 6.18 Å². The van der Waals surface area contributed by atoms with Crippen molar-refractivity contribution in [2.45, 2.75) is 6.18 Å². The van der Waals surface area contributed by atoms with Gasteiger partial charge in [-0.05, 0) is 12.1 Å². The average Bonchev–Trinajstić information content (AvgIpc) is 2.29. The zero-order valence-electron chi connectivity index (χ0n) is 8.31. The summed E-state index contributed by atoms with van der Waals surface area (Å²) in [5.74, 6) is 0.0218. The van der Waals surface area contributed by atoms with Crippen LogP contribution < -0.4 is 5.73 Å². The third kappa shape index (κ3) is 2.47. The molecule has 0 saturated heterocycles. The van der Waals surface area contributed by atoms with E-state index >= 15 is 0 Å². The Balaban J connectivity index is 2.33. The largest absolute Gasteiger partial charge is 0.416 e. The van der Waals surface area contributed by atoms with Gasteiger partial charge in [-0.25, -0.2) is 0 Å². The lowest BCUT2D eigenvalue weighted by Crippen LogP contribution is -2.05. The van der Waals surface area contributed by atoms with Crippen molar-refractivity contribution < 1.29 is 13.2 Å². The summed E-state index contributed by atoms with van der Waals surface area (Å²) in [5.41, 5.74) is 4.84. The molecule has 2 aromatic rings. The van der Waals surface area contributed by atoms with Gasteiger partial charge in [-0.3, -0.25) is 0 Å². The maximum atomic E-state index is 12.3. The number of rotatable bonds is 1. The number of nitrogens with two attached hydrogens (primary N) is 1. The smallest absolute Gasteiger partial charge is 0.365 e. The maximum Gasteiger partial charge on any atom is 0.416 e. The van der Waals surface area contributed by atoms with Crippen molar-refractivity contribution in [3.8, 4) is 11.4 Å². The second kappa shape index (κ2) is 3.96. The van der Waals surface area contributed by atoms with Gasteiger partial charge in [0.15, 0.2) is 0 Å². The van der Waals surface area contributed by atoms with Crippen LogP contribution in [0.15, 0.2) is 24.3 Å². The monoisotopic (exact) mass is 241 g/mol. The van der Waals surface area contributed by atoms with E-state index in [2.05, 4.69) is 20.4 Å². The van der Waals surface area contributed by atoms with Gasteiger partial charge in [-0.2, -0.15) is 13.2 Å². The third-order valence-electron chi connectivity index (χ3n) is 1.96. The van der Waals surface area contributed by atoms with Crippen LogP contribution in [-0.4, -0.2) is 20.4 Å². The predicted molar refractivity (Wildman–Crippen MR) is 52.5 cm³/mol. The summed E-state index contributed by atoms with van der Waals surface area (Å²) in [6.45, 7) is 0. The van der Waals surface area contributed by atoms with Gasteiger partial charge in [0.05, 0.1) is 5.56 Å². The van der Waals surface area contributed by atoms with Crippen LogP contribution in [-0.2, 0) is 6.18 Å². The van der Waals surface area contributed by atoms with Gasteiger partial charge in [0.25, 0.3) is 5.95 Å². The molecule has 0 unspecified atom stereocenters. The Bertz CT molecular complexity index is 506. The standard InChI is InChI=1S/C9H6F3N5/c10-9(11,12)6-3-1-5(2-4-6)7-14-16-8(13)17-15-7/h1-4H,(H2,13,16,17). The number of hydrogen-bond donors (Lipinski definition) is 1. The number of nitrogen functional groups attached to an aromatic ring is 1. The van der Waals surface area contributed by atoms with Gasteiger partial charge < -0.3 is 5.73 Å². The molecular weight excluding hydrogens is 235 g/mol. The summed E-state index contributed by atoms with van der Waals surface area (Å²) >= 11 is 0. The van der Waals surface area contributed by atoms with Gasteiger partial charge in [-0.15, -0.1) is 20.4 Å². The Kier molecular flexibility index (Phi) is 2.62. The van der Waals surface area contributed by atoms with Crippen LogP contribution >= 0.6 is 0 Å². The van der Waals surface area contributed by atoms with E-state index in [1.54, 1.807) is 0 Å². The molecule has 0 amide bonds. The first-order chi connectivity index (χ1) is 7.97. The predicted octanol–water partition coefficient (Wildman–Crippen LogP) is 1.53. The molecule has 88 valence electrons. The highest BCUT2D eigenvalue weighted by Crippen LogP contribution is 2.30. The van der Waals surface area contributed by atoms with Crippen LogP contribution in [0.5, 0.6) is 0 Å². The summed E-state index contributed by atoms with van der Waals surface area (Å²) in [7, 11) is 0. The molecule has 0 aliphatic carbocycles. The number of hydrogen-bond acceptors (Lipinski definition) is 5. The van der Waals surface area contributed by atoms with Gasteiger partial charge in [-0.1, -0.05) is 12.1 Å². The van der Waals surface area contributed by atoms with Gasteiger partial charge in [0.2, 0.25) is 5.82 Å². The minimum Gasteiger partial charge on any atom is -0.365 e. The summed E-state index contributed by atoms with van der Waals surface area (Å²) in [6.07, 6.45) is -4.36. The van der Waals surface area contributed by atoms with Crippen LogP contribution in [0, 0.1) is 0 Å². The fourth-order valence-electron chi connectivity index (χ4n) is 1.16. The lowest BCUT2D eigenvalue weighted by atomic mass is 10.1. The zero-order chi connectivity index (χ0) is 12.5. The Hall–Kier alpha value is -2.25. The van der Waals surface area contributed by atoms with Crippen LogP contribution in [0.1, 0.15) is 5.56 Å². The fraction of sp³-hybridized carbons (Fsp3) is 0.111. The Labute approximate surface area is 93.5 Å². The molecule has 1 aromatic heterocycles. The molecule has 0 aliphatic rings. The van der Waals surface area contributed by atoms with Crippen LogP contribution in [0.4, 0.5) is 19.1 Å². The van der Waals surface area contributed by atoms with Crippen molar-refractivity contribution in [2.24, 2.45) is 0 Å². The molecule has 0 fully saturated rings. The van der Waals surface area contributed by atoms with E-state index in [4.69, 9.17) is 5.73 Å². The van der Waals surface area contributed by atoms with Crippen molar-refractivity contribution >= 4 is 5.95 Å². The molecule has 17 heavy (non-hydrogen) atoms. The van der Waals surface area contributed by atoms with E-state index in [0.29, 0.717) is 5.56 Å². The Morgan fingerprint density at radius 3 is 1.88 bits per heavy atom. The number of benzene rings is 1. The molecule has 0 saturated carbocycles. The molecule has 0 bridgehead atoms. The van der Waals surface area contributed by atoms with Crippen molar-refractivity contribution in [2.75, 3.05) is 5.73 Å². The number of anilines is 1. The highest BCUT2D eigenvalue weighted by Gasteiger charge is 2.30. The topological polar surface area (TPSA) is 77.6 Å². The minimum absolute atomic E-state index is 0.0966. The molecule has 2 N–H and O–H groups in total. The first-order valence-corrected chi connectivity index (χ1v) is 4.47. The van der Waals surface area contributed by atoms with Crippen molar-refractivity contribution in [3.63, 3.8) is 0 Å². The quantitative estimate of drug-likeness (QED) is 0.819. The molecule has 0 spiro atoms. The van der Waals surface area contributed by atoms with E-state index in [1.165, 1.54) is 12.1 Å². The second-order valence-corrected chi connectivity index (χ2v) is 3.16. The minimum atomic E-state index is -4.36. The van der Waals surface area contributed by atoms with Crippen molar-refractivity contribution in [1.82, 2.24) is 20.4 Å². The number of alkyl halides is 3. The second-order valence-electron chi connectivity index (χ2n) is 3.16. The summed E-state index contributed by atoms with van der Waals surface area (Å²) in [4.78, 5) is 0. The van der Waals surface area contributed by atoms with Gasteiger partial charge in [0.1, 0.15) is 0 Å². The van der Waals surface area contributed by atoms with E-state index in [1.807, 2.05) is 0 Å². The van der Waals surface area contributed by atoms with Gasteiger partial charge in [0, 0.05) is 5.56 Å². The molecule has 0 atom stereocenters. The highest BCUT2D eigenvalue weighted by atomic mass is 19.4. The van der Waals surface area contributed by atoms with E-state index in [9.17, 15) is 13.2 Å². The first kappa shape index (κ1) is 11.2. The zero-order valence-corrected chi connectivity index (χ0v) is 8.31. The molecule has 8 heteroatoms. The number of halogens is 3. The molecular formula is C9H6F3N5. The van der Waals surface area contributed by atoms with E-state index < -0.39 is 11.7 Å². The van der Waals surface area contributed by atoms with Crippen LogP contribution in [0.3, 0.4) is 0 Å². The lowest BCUT2D eigenvalue weighted by Gasteiger charge is -2.06.